The van der Waals surface area contributed by atoms with Crippen molar-refractivity contribution in [3.8, 4) is 6.07 Å². The number of rotatable bonds is 1. The summed E-state index contributed by atoms with van der Waals surface area (Å²) in [7, 11) is 0. The zero-order valence-electron chi connectivity index (χ0n) is 5.96. The smallest absolute Gasteiger partial charge is 0.168 e. The molecule has 2 nitrogen and oxygen atoms in total. The van der Waals surface area contributed by atoms with E-state index in [-0.39, 0.29) is 0 Å². The van der Waals surface area contributed by atoms with Crippen LogP contribution in [0, 0.1) is 14.9 Å². The van der Waals surface area contributed by atoms with Crippen molar-refractivity contribution in [1.29, 1.82) is 5.26 Å². The lowest BCUT2D eigenvalue weighted by atomic mass is 10.1. The molecule has 0 fully saturated rings. The monoisotopic (exact) mass is 337 g/mol. The van der Waals surface area contributed by atoms with Gasteiger partial charge < -0.3 is 5.11 Å². The molecule has 0 saturated carbocycles. The van der Waals surface area contributed by atoms with Crippen LogP contribution in [0.15, 0.2) is 22.7 Å². The van der Waals surface area contributed by atoms with E-state index in [1.807, 2.05) is 12.1 Å². The molecule has 0 saturated heterocycles. The minimum Gasteiger partial charge on any atom is -0.374 e. The Kier molecular flexibility index (Phi) is 3.50. The molecule has 62 valence electrons. The number of aliphatic hydroxyl groups excluding tert-OH is 1. The Morgan fingerprint density at radius 2 is 2.25 bits per heavy atom. The van der Waals surface area contributed by atoms with Gasteiger partial charge in [0.1, 0.15) is 0 Å². The molecule has 0 spiro atoms. The molecule has 1 N–H and O–H groups in total. The van der Waals surface area contributed by atoms with Gasteiger partial charge >= 0.3 is 0 Å². The van der Waals surface area contributed by atoms with E-state index in [9.17, 15) is 5.11 Å². The van der Waals surface area contributed by atoms with Gasteiger partial charge in [0.15, 0.2) is 6.10 Å². The van der Waals surface area contributed by atoms with Gasteiger partial charge in [-0.15, -0.1) is 0 Å². The van der Waals surface area contributed by atoms with E-state index in [4.69, 9.17) is 5.26 Å². The second kappa shape index (κ2) is 4.21. The van der Waals surface area contributed by atoms with Crippen molar-refractivity contribution < 1.29 is 5.11 Å². The fourth-order valence-electron chi connectivity index (χ4n) is 0.836. The highest BCUT2D eigenvalue weighted by molar-refractivity contribution is 14.1. The normalized spacial score (nSPS) is 12.2. The van der Waals surface area contributed by atoms with E-state index < -0.39 is 6.10 Å². The molecule has 1 aromatic carbocycles. The Morgan fingerprint density at radius 1 is 1.58 bits per heavy atom. The lowest BCUT2D eigenvalue weighted by molar-refractivity contribution is 0.234. The number of aliphatic hydroxyl groups is 1. The van der Waals surface area contributed by atoms with Crippen molar-refractivity contribution in [2.45, 2.75) is 6.10 Å². The molecule has 0 aliphatic heterocycles. The molecule has 0 amide bonds. The average molecular weight is 338 g/mol. The largest absolute Gasteiger partial charge is 0.374 e. The van der Waals surface area contributed by atoms with Gasteiger partial charge in [-0.05, 0) is 34.7 Å². The van der Waals surface area contributed by atoms with Gasteiger partial charge in [-0.2, -0.15) is 5.26 Å². The Balaban J connectivity index is 3.23. The molecule has 0 heterocycles. The van der Waals surface area contributed by atoms with Crippen LogP contribution < -0.4 is 0 Å². The van der Waals surface area contributed by atoms with E-state index in [1.165, 1.54) is 0 Å². The molecule has 1 unspecified atom stereocenters. The van der Waals surface area contributed by atoms with Gasteiger partial charge in [-0.1, -0.05) is 22.0 Å². The van der Waals surface area contributed by atoms with Gasteiger partial charge in [0.25, 0.3) is 0 Å². The molecule has 0 aliphatic rings. The molecule has 12 heavy (non-hydrogen) atoms. The summed E-state index contributed by atoms with van der Waals surface area (Å²) in [6.07, 6.45) is -1.05. The minimum atomic E-state index is -1.05. The predicted molar refractivity (Wildman–Crippen MR) is 57.4 cm³/mol. The second-order valence-electron chi connectivity index (χ2n) is 2.17. The number of benzene rings is 1. The lowest BCUT2D eigenvalue weighted by Gasteiger charge is -2.06. The summed E-state index contributed by atoms with van der Waals surface area (Å²) >= 11 is 5.36. The Labute approximate surface area is 92.5 Å². The Bertz CT molecular complexity index is 314. The highest BCUT2D eigenvalue weighted by Gasteiger charge is 2.12. The first-order chi connectivity index (χ1) is 5.66. The first-order valence-corrected chi connectivity index (χ1v) is 5.05. The topological polar surface area (TPSA) is 44.0 Å². The van der Waals surface area contributed by atoms with Gasteiger partial charge in [0.2, 0.25) is 0 Å². The van der Waals surface area contributed by atoms with Crippen LogP contribution in [-0.4, -0.2) is 5.11 Å². The average Bonchev–Trinajstić information content (AvgIpc) is 2.03. The van der Waals surface area contributed by atoms with Crippen LogP contribution in [0.25, 0.3) is 0 Å². The van der Waals surface area contributed by atoms with Crippen molar-refractivity contribution in [3.63, 3.8) is 0 Å². The molecular weight excluding hydrogens is 333 g/mol. The fourth-order valence-corrected chi connectivity index (χ4v) is 2.58. The van der Waals surface area contributed by atoms with Gasteiger partial charge in [0.05, 0.1) is 6.07 Å². The van der Waals surface area contributed by atoms with Crippen LogP contribution in [0.3, 0.4) is 0 Å². The third kappa shape index (κ3) is 1.97. The third-order valence-electron chi connectivity index (χ3n) is 1.40. The van der Waals surface area contributed by atoms with Gasteiger partial charge in [-0.3, -0.25) is 0 Å². The third-order valence-corrected chi connectivity index (χ3v) is 3.03. The van der Waals surface area contributed by atoms with Crippen molar-refractivity contribution in [1.82, 2.24) is 0 Å². The summed E-state index contributed by atoms with van der Waals surface area (Å²) in [5, 5.41) is 17.8. The first kappa shape index (κ1) is 9.96. The summed E-state index contributed by atoms with van der Waals surface area (Å²) in [4.78, 5) is 0. The summed E-state index contributed by atoms with van der Waals surface area (Å²) in [6.45, 7) is 0. The van der Waals surface area contributed by atoms with Crippen LogP contribution in [0.1, 0.15) is 11.7 Å². The van der Waals surface area contributed by atoms with Crippen LogP contribution in [-0.2, 0) is 0 Å². The van der Waals surface area contributed by atoms with Gasteiger partial charge in [-0.25, -0.2) is 0 Å². The molecule has 0 bridgehead atoms. The van der Waals surface area contributed by atoms with Crippen LogP contribution in [0.5, 0.6) is 0 Å². The summed E-state index contributed by atoms with van der Waals surface area (Å²) in [5.74, 6) is 0. The Morgan fingerprint density at radius 3 is 2.75 bits per heavy atom. The standard InChI is InChI=1S/C8H5BrINO/c9-5-2-1-3-6(10)8(5)7(12)4-11/h1-3,7,12H. The predicted octanol–water partition coefficient (Wildman–Crippen LogP) is 2.61. The molecule has 1 rings (SSSR count). The number of nitrogens with zero attached hydrogens (tertiary/aromatic N) is 1. The highest BCUT2D eigenvalue weighted by Crippen LogP contribution is 2.27. The number of halogens is 2. The van der Waals surface area contributed by atoms with Crippen LogP contribution >= 0.6 is 38.5 Å². The zero-order valence-corrected chi connectivity index (χ0v) is 9.70. The SMILES string of the molecule is N#CC(O)c1c(Br)cccc1I. The summed E-state index contributed by atoms with van der Waals surface area (Å²) in [5.41, 5.74) is 0.639. The van der Waals surface area contributed by atoms with E-state index in [1.54, 1.807) is 12.1 Å². The number of hydrogen-bond acceptors (Lipinski definition) is 2. The summed E-state index contributed by atoms with van der Waals surface area (Å²) in [6, 6.07) is 7.30. The van der Waals surface area contributed by atoms with Crippen LogP contribution in [0.4, 0.5) is 0 Å². The maximum absolute atomic E-state index is 9.30. The van der Waals surface area contributed by atoms with Crippen molar-refractivity contribution in [2.24, 2.45) is 0 Å². The lowest BCUT2D eigenvalue weighted by Crippen LogP contribution is -1.97. The maximum Gasteiger partial charge on any atom is 0.168 e. The summed E-state index contributed by atoms with van der Waals surface area (Å²) < 4.78 is 1.65. The van der Waals surface area contributed by atoms with E-state index in [0.29, 0.717) is 5.56 Å². The molecular formula is C8H5BrINO. The number of nitriles is 1. The molecule has 1 aromatic rings. The van der Waals surface area contributed by atoms with Crippen molar-refractivity contribution in [2.75, 3.05) is 0 Å². The second-order valence-corrected chi connectivity index (χ2v) is 4.18. The van der Waals surface area contributed by atoms with Crippen molar-refractivity contribution >= 4 is 38.5 Å². The molecule has 0 aliphatic carbocycles. The zero-order chi connectivity index (χ0) is 9.14. The van der Waals surface area contributed by atoms with Crippen molar-refractivity contribution in [3.05, 3.63) is 31.8 Å². The maximum atomic E-state index is 9.30. The van der Waals surface area contributed by atoms with E-state index >= 15 is 0 Å². The Hall–Kier alpha value is -0.120. The molecule has 0 radical (unpaired) electrons. The molecule has 0 aromatic heterocycles. The molecule has 4 heteroatoms. The van der Waals surface area contributed by atoms with Crippen LogP contribution in [0.2, 0.25) is 0 Å². The van der Waals surface area contributed by atoms with E-state index in [0.717, 1.165) is 8.04 Å². The minimum absolute atomic E-state index is 0.639. The van der Waals surface area contributed by atoms with E-state index in [2.05, 4.69) is 38.5 Å². The quantitative estimate of drug-likeness (QED) is 0.632. The highest BCUT2D eigenvalue weighted by atomic mass is 127. The fraction of sp³-hybridized carbons (Fsp3) is 0.125. The number of hydrogen-bond donors (Lipinski definition) is 1. The first-order valence-electron chi connectivity index (χ1n) is 3.18. The molecule has 1 atom stereocenters. The van der Waals surface area contributed by atoms with Gasteiger partial charge in [0, 0.05) is 13.6 Å².